The molecule has 0 aliphatic carbocycles. The first kappa shape index (κ1) is 23.0. The minimum atomic E-state index is -1.32. The van der Waals surface area contributed by atoms with Crippen molar-refractivity contribution in [3.63, 3.8) is 0 Å². The molecular weight excluding hydrogens is 376 g/mol. The molecule has 3 atom stereocenters. The predicted octanol–water partition coefficient (Wildman–Crippen LogP) is -3.18. The van der Waals surface area contributed by atoms with Crippen molar-refractivity contribution in [2.24, 2.45) is 5.73 Å². The maximum absolute atomic E-state index is 11.9. The highest BCUT2D eigenvalue weighted by molar-refractivity contribution is 7.80. The number of aliphatic carboxylic acids is 2. The van der Waals surface area contributed by atoms with Gasteiger partial charge in [-0.3, -0.25) is 19.2 Å². The van der Waals surface area contributed by atoms with Crippen LogP contribution in [0.2, 0.25) is 0 Å². The fourth-order valence-electron chi connectivity index (χ4n) is 1.48. The Hall–Kier alpha value is -1.99. The van der Waals surface area contributed by atoms with E-state index in [1.165, 1.54) is 0 Å². The fourth-order valence-corrected chi connectivity index (χ4v) is 1.98. The van der Waals surface area contributed by atoms with Gasteiger partial charge in [-0.2, -0.15) is 25.3 Å². The molecule has 0 aliphatic rings. The second-order valence-electron chi connectivity index (χ2n) is 4.81. The van der Waals surface area contributed by atoms with Crippen LogP contribution in [0.5, 0.6) is 0 Å². The van der Waals surface area contributed by atoms with Gasteiger partial charge >= 0.3 is 11.9 Å². The molecule has 25 heavy (non-hydrogen) atoms. The van der Waals surface area contributed by atoms with E-state index in [9.17, 15) is 24.0 Å². The van der Waals surface area contributed by atoms with Gasteiger partial charge in [-0.1, -0.05) is 0 Å². The van der Waals surface area contributed by atoms with Crippen LogP contribution in [0.25, 0.3) is 0 Å². The van der Waals surface area contributed by atoms with Crippen LogP contribution in [0.4, 0.5) is 0 Å². The standard InChI is InChI=1S/C12H20N4O7S2/c13-5(1-9(18)19)10(20)14-2-8(17)15-6(3-24)11(21)16-7(4-25)12(22)23/h5-7,24-25H,1-4,13H2,(H,14,20)(H,15,17)(H,16,21)(H,18,19)(H,22,23). The lowest BCUT2D eigenvalue weighted by molar-refractivity contribution is -0.141. The van der Waals surface area contributed by atoms with E-state index in [1.807, 2.05) is 0 Å². The predicted molar refractivity (Wildman–Crippen MR) is 92.4 cm³/mol. The number of nitrogens with one attached hydrogen (secondary N) is 3. The fraction of sp³-hybridized carbons (Fsp3) is 0.583. The number of thiol groups is 2. The molecule has 0 aromatic heterocycles. The van der Waals surface area contributed by atoms with Crippen molar-refractivity contribution in [2.45, 2.75) is 24.5 Å². The molecule has 3 amide bonds. The van der Waals surface area contributed by atoms with Crippen molar-refractivity contribution in [2.75, 3.05) is 18.1 Å². The Morgan fingerprint density at radius 3 is 1.92 bits per heavy atom. The van der Waals surface area contributed by atoms with Crippen molar-refractivity contribution >= 4 is 54.9 Å². The van der Waals surface area contributed by atoms with E-state index >= 15 is 0 Å². The largest absolute Gasteiger partial charge is 0.481 e. The Morgan fingerprint density at radius 1 is 0.920 bits per heavy atom. The molecule has 0 rings (SSSR count). The smallest absolute Gasteiger partial charge is 0.327 e. The highest BCUT2D eigenvalue weighted by atomic mass is 32.1. The quantitative estimate of drug-likeness (QED) is 0.168. The molecule has 11 nitrogen and oxygen atoms in total. The third-order valence-corrected chi connectivity index (χ3v) is 3.52. The Labute approximate surface area is 153 Å². The number of carboxylic acids is 2. The molecule has 3 unspecified atom stereocenters. The van der Waals surface area contributed by atoms with E-state index in [0.717, 1.165) is 0 Å². The zero-order chi connectivity index (χ0) is 19.6. The molecule has 7 N–H and O–H groups in total. The lowest BCUT2D eigenvalue weighted by Crippen LogP contribution is -2.54. The molecule has 0 heterocycles. The molecule has 0 aromatic carbocycles. The van der Waals surface area contributed by atoms with E-state index in [4.69, 9.17) is 15.9 Å². The number of nitrogens with two attached hydrogens (primary N) is 1. The summed E-state index contributed by atoms with van der Waals surface area (Å²) in [4.78, 5) is 56.4. The minimum absolute atomic E-state index is 0.122. The molecule has 0 spiro atoms. The van der Waals surface area contributed by atoms with Gasteiger partial charge in [0.25, 0.3) is 0 Å². The first-order valence-electron chi connectivity index (χ1n) is 6.91. The lowest BCUT2D eigenvalue weighted by atomic mass is 10.2. The van der Waals surface area contributed by atoms with Crippen molar-refractivity contribution in [3.8, 4) is 0 Å². The Bertz CT molecular complexity index is 532. The van der Waals surface area contributed by atoms with Crippen LogP contribution in [-0.2, 0) is 24.0 Å². The van der Waals surface area contributed by atoms with E-state index in [1.54, 1.807) is 0 Å². The monoisotopic (exact) mass is 396 g/mol. The third kappa shape index (κ3) is 9.16. The highest BCUT2D eigenvalue weighted by Crippen LogP contribution is 1.94. The normalized spacial score (nSPS) is 13.9. The summed E-state index contributed by atoms with van der Waals surface area (Å²) in [6.45, 7) is -0.543. The average Bonchev–Trinajstić information content (AvgIpc) is 2.53. The zero-order valence-corrected chi connectivity index (χ0v) is 14.8. The van der Waals surface area contributed by atoms with Crippen LogP contribution < -0.4 is 21.7 Å². The lowest BCUT2D eigenvalue weighted by Gasteiger charge is -2.19. The van der Waals surface area contributed by atoms with Gasteiger partial charge in [-0.05, 0) is 0 Å². The first-order valence-corrected chi connectivity index (χ1v) is 8.18. The van der Waals surface area contributed by atoms with Gasteiger partial charge in [0, 0.05) is 11.5 Å². The van der Waals surface area contributed by atoms with Gasteiger partial charge < -0.3 is 31.9 Å². The summed E-state index contributed by atoms with van der Waals surface area (Å²) in [5, 5.41) is 23.9. The van der Waals surface area contributed by atoms with Crippen LogP contribution in [0, 0.1) is 0 Å². The average molecular weight is 396 g/mol. The number of rotatable bonds is 11. The van der Waals surface area contributed by atoms with E-state index < -0.39 is 60.8 Å². The summed E-state index contributed by atoms with van der Waals surface area (Å²) in [6.07, 6.45) is -0.602. The molecule has 0 saturated carbocycles. The summed E-state index contributed by atoms with van der Waals surface area (Å²) in [7, 11) is 0. The Kier molecular flexibility index (Phi) is 10.6. The molecule has 13 heteroatoms. The second kappa shape index (κ2) is 11.5. The van der Waals surface area contributed by atoms with E-state index in [2.05, 4.69) is 41.2 Å². The summed E-state index contributed by atoms with van der Waals surface area (Å²) in [5.41, 5.74) is 5.31. The number of amides is 3. The summed E-state index contributed by atoms with van der Waals surface area (Å²) in [5.74, 6) is -5.20. The Balaban J connectivity index is 4.49. The van der Waals surface area contributed by atoms with Crippen LogP contribution in [0.3, 0.4) is 0 Å². The maximum atomic E-state index is 11.9. The number of hydrogen-bond acceptors (Lipinski definition) is 8. The number of carbonyl (C=O) groups is 5. The van der Waals surface area contributed by atoms with Crippen LogP contribution in [0.15, 0.2) is 0 Å². The summed E-state index contributed by atoms with van der Waals surface area (Å²) >= 11 is 7.69. The van der Waals surface area contributed by atoms with E-state index in [0.29, 0.717) is 0 Å². The van der Waals surface area contributed by atoms with Gasteiger partial charge in [0.2, 0.25) is 17.7 Å². The number of carbonyl (C=O) groups excluding carboxylic acids is 3. The third-order valence-electron chi connectivity index (χ3n) is 2.79. The topological polar surface area (TPSA) is 188 Å². The van der Waals surface area contributed by atoms with Crippen LogP contribution in [-0.4, -0.2) is 76.0 Å². The summed E-state index contributed by atoms with van der Waals surface area (Å²) in [6, 6.07) is -3.69. The second-order valence-corrected chi connectivity index (χ2v) is 5.54. The van der Waals surface area contributed by atoms with Gasteiger partial charge in [-0.25, -0.2) is 4.79 Å². The van der Waals surface area contributed by atoms with Crippen molar-refractivity contribution < 1.29 is 34.2 Å². The first-order chi connectivity index (χ1) is 11.6. The maximum Gasteiger partial charge on any atom is 0.327 e. The molecule has 0 bridgehead atoms. The molecule has 0 aliphatic heterocycles. The minimum Gasteiger partial charge on any atom is -0.481 e. The highest BCUT2D eigenvalue weighted by Gasteiger charge is 2.25. The molecule has 0 aromatic rings. The van der Waals surface area contributed by atoms with E-state index in [-0.39, 0.29) is 11.5 Å². The molecule has 0 fully saturated rings. The molecule has 0 radical (unpaired) electrons. The molecule has 0 saturated heterocycles. The van der Waals surface area contributed by atoms with Crippen molar-refractivity contribution in [1.82, 2.24) is 16.0 Å². The molecular formula is C12H20N4O7S2. The Morgan fingerprint density at radius 2 is 1.48 bits per heavy atom. The van der Waals surface area contributed by atoms with Crippen molar-refractivity contribution in [1.29, 1.82) is 0 Å². The number of carboxylic acid groups (broad SMARTS) is 2. The van der Waals surface area contributed by atoms with Gasteiger partial charge in [-0.15, -0.1) is 0 Å². The number of hydrogen-bond donors (Lipinski definition) is 8. The van der Waals surface area contributed by atoms with Gasteiger partial charge in [0.05, 0.1) is 19.0 Å². The van der Waals surface area contributed by atoms with Crippen molar-refractivity contribution in [3.05, 3.63) is 0 Å². The SMILES string of the molecule is NC(CC(=O)O)C(=O)NCC(=O)NC(CS)C(=O)NC(CS)C(=O)O. The summed E-state index contributed by atoms with van der Waals surface area (Å²) < 4.78 is 0. The van der Waals surface area contributed by atoms with Crippen LogP contribution >= 0.6 is 25.3 Å². The van der Waals surface area contributed by atoms with Gasteiger partial charge in [0.1, 0.15) is 12.1 Å². The molecule has 142 valence electrons. The van der Waals surface area contributed by atoms with Crippen LogP contribution in [0.1, 0.15) is 6.42 Å². The van der Waals surface area contributed by atoms with Gasteiger partial charge in [0.15, 0.2) is 0 Å². The zero-order valence-electron chi connectivity index (χ0n) is 13.0.